The Kier molecular flexibility index (Phi) is 6.90. The van der Waals surface area contributed by atoms with Crippen molar-refractivity contribution in [2.24, 2.45) is 0 Å². The van der Waals surface area contributed by atoms with Crippen molar-refractivity contribution >= 4 is 18.0 Å². The summed E-state index contributed by atoms with van der Waals surface area (Å²) in [6.07, 6.45) is -1.26. The van der Waals surface area contributed by atoms with Crippen molar-refractivity contribution in [2.45, 2.75) is 30.5 Å². The highest BCUT2D eigenvalue weighted by Crippen LogP contribution is 2.44. The number of carbonyl (C=O) groups is 3. The topological polar surface area (TPSA) is 123 Å². The van der Waals surface area contributed by atoms with Crippen LogP contribution in [0.4, 0.5) is 4.79 Å². The van der Waals surface area contributed by atoms with E-state index in [1.807, 2.05) is 36.4 Å². The number of carboxylic acid groups (broad SMARTS) is 1. The van der Waals surface area contributed by atoms with Crippen LogP contribution in [0.2, 0.25) is 0 Å². The third kappa shape index (κ3) is 4.84. The molecule has 9 heteroatoms. The highest BCUT2D eigenvalue weighted by atomic mass is 16.6. The van der Waals surface area contributed by atoms with Crippen molar-refractivity contribution in [3.8, 4) is 11.1 Å². The molecular formula is C24H26N2O7. The van der Waals surface area contributed by atoms with Gasteiger partial charge in [0.1, 0.15) is 6.61 Å². The maximum absolute atomic E-state index is 12.5. The second-order valence-corrected chi connectivity index (χ2v) is 8.01. The molecule has 0 radical (unpaired) electrons. The average molecular weight is 454 g/mol. The summed E-state index contributed by atoms with van der Waals surface area (Å²) in [5, 5.41) is 14.3. The molecule has 0 aromatic heterocycles. The molecule has 1 heterocycles. The van der Waals surface area contributed by atoms with Crippen LogP contribution in [0.3, 0.4) is 0 Å². The molecule has 33 heavy (non-hydrogen) atoms. The van der Waals surface area contributed by atoms with E-state index in [4.69, 9.17) is 14.2 Å². The van der Waals surface area contributed by atoms with Gasteiger partial charge < -0.3 is 30.0 Å². The van der Waals surface area contributed by atoms with Crippen molar-refractivity contribution < 1.29 is 33.7 Å². The zero-order valence-electron chi connectivity index (χ0n) is 18.2. The third-order valence-corrected chi connectivity index (χ3v) is 5.94. The molecule has 174 valence electrons. The molecule has 4 rings (SSSR count). The second-order valence-electron chi connectivity index (χ2n) is 8.01. The SMILES string of the molecule is COC[C@H](NC(=O)[C@H]1OCC[C@H]1NC(=O)OCC1c2ccccc2-c2ccccc21)C(=O)O. The number of methoxy groups -OCH3 is 1. The van der Waals surface area contributed by atoms with E-state index < -0.39 is 36.2 Å². The zero-order valence-corrected chi connectivity index (χ0v) is 18.2. The highest BCUT2D eigenvalue weighted by Gasteiger charge is 2.38. The molecule has 0 unspecified atom stereocenters. The van der Waals surface area contributed by atoms with Gasteiger partial charge in [0.15, 0.2) is 12.1 Å². The van der Waals surface area contributed by atoms with Crippen molar-refractivity contribution in [3.63, 3.8) is 0 Å². The monoisotopic (exact) mass is 454 g/mol. The molecule has 2 amide bonds. The van der Waals surface area contributed by atoms with Gasteiger partial charge in [-0.3, -0.25) is 4.79 Å². The van der Waals surface area contributed by atoms with Crippen molar-refractivity contribution in [3.05, 3.63) is 59.7 Å². The van der Waals surface area contributed by atoms with Gasteiger partial charge in [0, 0.05) is 19.6 Å². The maximum Gasteiger partial charge on any atom is 0.407 e. The second kappa shape index (κ2) is 10.0. The number of carboxylic acids is 1. The molecule has 3 atom stereocenters. The fourth-order valence-electron chi connectivity index (χ4n) is 4.38. The van der Waals surface area contributed by atoms with Crippen LogP contribution < -0.4 is 10.6 Å². The van der Waals surface area contributed by atoms with Crippen LogP contribution in [-0.2, 0) is 23.8 Å². The molecule has 1 aliphatic heterocycles. The number of ether oxygens (including phenoxy) is 3. The van der Waals surface area contributed by atoms with Crippen molar-refractivity contribution in [1.82, 2.24) is 10.6 Å². The lowest BCUT2D eigenvalue weighted by Crippen LogP contribution is -2.53. The van der Waals surface area contributed by atoms with Gasteiger partial charge in [-0.05, 0) is 28.7 Å². The Labute approximate surface area is 191 Å². The summed E-state index contributed by atoms with van der Waals surface area (Å²) in [6, 6.07) is 14.2. The van der Waals surface area contributed by atoms with E-state index in [1.54, 1.807) is 0 Å². The predicted octanol–water partition coefficient (Wildman–Crippen LogP) is 1.90. The van der Waals surface area contributed by atoms with E-state index in [9.17, 15) is 19.5 Å². The number of carbonyl (C=O) groups excluding carboxylic acids is 2. The summed E-state index contributed by atoms with van der Waals surface area (Å²) >= 11 is 0. The van der Waals surface area contributed by atoms with E-state index >= 15 is 0 Å². The number of amides is 2. The van der Waals surface area contributed by atoms with Gasteiger partial charge in [-0.25, -0.2) is 9.59 Å². The highest BCUT2D eigenvalue weighted by molar-refractivity contribution is 5.87. The van der Waals surface area contributed by atoms with Crippen LogP contribution in [-0.4, -0.2) is 68.2 Å². The summed E-state index contributed by atoms with van der Waals surface area (Å²) in [5.41, 5.74) is 4.47. The van der Waals surface area contributed by atoms with Gasteiger partial charge in [-0.2, -0.15) is 0 Å². The fourth-order valence-corrected chi connectivity index (χ4v) is 4.38. The number of benzene rings is 2. The number of rotatable bonds is 8. The molecule has 2 aliphatic rings. The number of hydrogen-bond acceptors (Lipinski definition) is 6. The Morgan fingerprint density at radius 1 is 1.09 bits per heavy atom. The van der Waals surface area contributed by atoms with Gasteiger partial charge in [0.25, 0.3) is 5.91 Å². The molecule has 3 N–H and O–H groups in total. The van der Waals surface area contributed by atoms with E-state index in [0.29, 0.717) is 6.42 Å². The fraction of sp³-hybridized carbons (Fsp3) is 0.375. The Balaban J connectivity index is 1.36. The Morgan fingerprint density at radius 2 is 1.73 bits per heavy atom. The molecular weight excluding hydrogens is 428 g/mol. The molecule has 0 spiro atoms. The zero-order chi connectivity index (χ0) is 23.4. The van der Waals surface area contributed by atoms with E-state index in [0.717, 1.165) is 22.3 Å². The van der Waals surface area contributed by atoms with E-state index in [2.05, 4.69) is 22.8 Å². The molecule has 1 aliphatic carbocycles. The molecule has 1 saturated heterocycles. The minimum atomic E-state index is -1.22. The third-order valence-electron chi connectivity index (χ3n) is 5.94. The van der Waals surface area contributed by atoms with Gasteiger partial charge in [-0.1, -0.05) is 48.5 Å². The van der Waals surface area contributed by atoms with Gasteiger partial charge in [0.2, 0.25) is 0 Å². The van der Waals surface area contributed by atoms with E-state index in [-0.39, 0.29) is 25.7 Å². The molecule has 0 saturated carbocycles. The summed E-state index contributed by atoms with van der Waals surface area (Å²) in [5.74, 6) is -1.92. The van der Waals surface area contributed by atoms with Crippen LogP contribution >= 0.6 is 0 Å². The molecule has 2 aromatic rings. The standard InChI is InChI=1S/C24H26N2O7/c1-31-13-20(23(28)29)25-22(27)21-19(10-11-32-21)26-24(30)33-12-18-16-8-4-2-6-14(16)15-7-3-5-9-17(15)18/h2-9,18-21H,10-13H2,1H3,(H,25,27)(H,26,30)(H,28,29)/t19-,20+,21+/m1/s1. The molecule has 2 aromatic carbocycles. The Morgan fingerprint density at radius 3 is 2.33 bits per heavy atom. The summed E-state index contributed by atoms with van der Waals surface area (Å²) in [6.45, 7) is 0.228. The number of aliphatic carboxylic acids is 1. The van der Waals surface area contributed by atoms with Crippen LogP contribution in [0.15, 0.2) is 48.5 Å². The Hall–Kier alpha value is -3.43. The average Bonchev–Trinajstić information content (AvgIpc) is 3.40. The maximum atomic E-state index is 12.5. The summed E-state index contributed by atoms with van der Waals surface area (Å²) < 4.78 is 15.8. The lowest BCUT2D eigenvalue weighted by Gasteiger charge is -2.22. The van der Waals surface area contributed by atoms with E-state index in [1.165, 1.54) is 7.11 Å². The summed E-state index contributed by atoms with van der Waals surface area (Å²) in [7, 11) is 1.34. The van der Waals surface area contributed by atoms with Gasteiger partial charge in [-0.15, -0.1) is 0 Å². The normalized spacial score (nSPS) is 19.9. The minimum Gasteiger partial charge on any atom is -0.480 e. The summed E-state index contributed by atoms with van der Waals surface area (Å²) in [4.78, 5) is 36.3. The van der Waals surface area contributed by atoms with Crippen LogP contribution in [0.25, 0.3) is 11.1 Å². The first-order valence-corrected chi connectivity index (χ1v) is 10.7. The minimum absolute atomic E-state index is 0.0764. The molecule has 9 nitrogen and oxygen atoms in total. The Bertz CT molecular complexity index is 995. The van der Waals surface area contributed by atoms with Crippen molar-refractivity contribution in [2.75, 3.05) is 26.9 Å². The van der Waals surface area contributed by atoms with Gasteiger partial charge in [0.05, 0.1) is 12.6 Å². The number of hydrogen-bond donors (Lipinski definition) is 3. The quantitative estimate of drug-likeness (QED) is 0.557. The first-order chi connectivity index (χ1) is 16.0. The predicted molar refractivity (Wildman–Crippen MR) is 118 cm³/mol. The smallest absolute Gasteiger partial charge is 0.407 e. The number of alkyl carbamates (subject to hydrolysis) is 1. The lowest BCUT2D eigenvalue weighted by molar-refractivity contribution is -0.145. The molecule has 0 bridgehead atoms. The lowest BCUT2D eigenvalue weighted by atomic mass is 9.98. The van der Waals surface area contributed by atoms with Gasteiger partial charge >= 0.3 is 12.1 Å². The van der Waals surface area contributed by atoms with Crippen LogP contribution in [0.1, 0.15) is 23.5 Å². The van der Waals surface area contributed by atoms with Crippen LogP contribution in [0, 0.1) is 0 Å². The first-order valence-electron chi connectivity index (χ1n) is 10.7. The number of nitrogens with one attached hydrogen (secondary N) is 2. The number of fused-ring (bicyclic) bond motifs is 3. The van der Waals surface area contributed by atoms with Crippen molar-refractivity contribution in [1.29, 1.82) is 0 Å². The largest absolute Gasteiger partial charge is 0.480 e. The van der Waals surface area contributed by atoms with Crippen LogP contribution in [0.5, 0.6) is 0 Å². The first kappa shape index (κ1) is 22.8. The molecule has 1 fully saturated rings.